The Morgan fingerprint density at radius 1 is 0.812 bits per heavy atom. The Kier molecular flexibility index (Phi) is 12.2. The number of hydrogen-bond acceptors (Lipinski definition) is 5. The molecule has 0 bridgehead atoms. The highest BCUT2D eigenvalue weighted by molar-refractivity contribution is 6.12. The van der Waals surface area contributed by atoms with Gasteiger partial charge in [0.2, 0.25) is 5.91 Å². The molecule has 1 amide bonds. The van der Waals surface area contributed by atoms with E-state index in [9.17, 15) is 9.59 Å². The lowest BCUT2D eigenvalue weighted by Crippen LogP contribution is -2.43. The van der Waals surface area contributed by atoms with Crippen LogP contribution in [0.5, 0.6) is 17.2 Å². The van der Waals surface area contributed by atoms with Crippen molar-refractivity contribution in [3.8, 4) is 17.2 Å². The van der Waals surface area contributed by atoms with Crippen molar-refractivity contribution in [1.82, 2.24) is 0 Å². The minimum Gasteiger partial charge on any atom is -0.496 e. The first-order chi connectivity index (χ1) is 15.2. The smallest absolute Gasteiger partial charge is 0.240 e. The summed E-state index contributed by atoms with van der Waals surface area (Å²) in [5.74, 6) is 1.12. The molecule has 0 N–H and O–H groups in total. The Morgan fingerprint density at radius 3 is 1.72 bits per heavy atom. The van der Waals surface area contributed by atoms with Gasteiger partial charge in [0.05, 0.1) is 21.3 Å². The molecule has 0 unspecified atom stereocenters. The van der Waals surface area contributed by atoms with E-state index in [1.807, 2.05) is 0 Å². The molecule has 0 heterocycles. The van der Waals surface area contributed by atoms with Crippen LogP contribution in [0.25, 0.3) is 0 Å². The van der Waals surface area contributed by atoms with Crippen molar-refractivity contribution < 1.29 is 23.8 Å². The van der Waals surface area contributed by atoms with Gasteiger partial charge >= 0.3 is 0 Å². The molecule has 1 rings (SSSR count). The average molecular weight is 450 g/mol. The highest BCUT2D eigenvalue weighted by atomic mass is 16.5. The van der Waals surface area contributed by atoms with Crippen molar-refractivity contribution in [2.24, 2.45) is 5.41 Å². The first kappa shape index (κ1) is 27.8. The van der Waals surface area contributed by atoms with Gasteiger partial charge in [-0.2, -0.15) is 0 Å². The van der Waals surface area contributed by atoms with E-state index >= 15 is 0 Å². The van der Waals surface area contributed by atoms with Gasteiger partial charge in [0.25, 0.3) is 0 Å². The predicted octanol–water partition coefficient (Wildman–Crippen LogP) is 6.19. The van der Waals surface area contributed by atoms with Crippen LogP contribution in [0, 0.1) is 5.41 Å². The fourth-order valence-electron chi connectivity index (χ4n) is 3.87. The monoisotopic (exact) mass is 449 g/mol. The Labute approximate surface area is 194 Å². The van der Waals surface area contributed by atoms with E-state index in [2.05, 4.69) is 6.92 Å². The summed E-state index contributed by atoms with van der Waals surface area (Å²) in [6.45, 7) is 5.62. The lowest BCUT2D eigenvalue weighted by molar-refractivity contribution is -0.138. The number of nitrogens with zero attached hydrogens (tertiary/aromatic N) is 1. The second-order valence-corrected chi connectivity index (χ2v) is 8.87. The molecule has 0 radical (unpaired) electrons. The number of carbonyl (C=O) groups is 2. The second-order valence-electron chi connectivity index (χ2n) is 8.87. The molecule has 1 aromatic rings. The summed E-state index contributed by atoms with van der Waals surface area (Å²) in [4.78, 5) is 27.7. The molecule has 0 aliphatic heterocycles. The van der Waals surface area contributed by atoms with Crippen LogP contribution in [0.4, 0.5) is 5.69 Å². The van der Waals surface area contributed by atoms with Gasteiger partial charge in [-0.1, -0.05) is 58.3 Å². The maximum absolute atomic E-state index is 13.3. The summed E-state index contributed by atoms with van der Waals surface area (Å²) in [7, 11) is 6.24. The number of anilines is 1. The number of ether oxygens (including phenoxy) is 3. The largest absolute Gasteiger partial charge is 0.496 e. The Hall–Kier alpha value is -2.24. The van der Waals surface area contributed by atoms with Crippen LogP contribution in [-0.2, 0) is 9.59 Å². The van der Waals surface area contributed by atoms with Gasteiger partial charge in [-0.3, -0.25) is 9.59 Å². The zero-order valence-electron chi connectivity index (χ0n) is 21.2. The number of methoxy groups -OCH3 is 3. The van der Waals surface area contributed by atoms with E-state index in [-0.39, 0.29) is 11.7 Å². The van der Waals surface area contributed by atoms with Gasteiger partial charge in [-0.05, 0) is 20.3 Å². The maximum atomic E-state index is 13.3. The minimum atomic E-state index is -1.13. The highest BCUT2D eigenvalue weighted by Crippen LogP contribution is 2.42. The summed E-state index contributed by atoms with van der Waals surface area (Å²) in [5, 5.41) is 0. The summed E-state index contributed by atoms with van der Waals surface area (Å²) in [6.07, 6.45) is 11.1. The first-order valence-electron chi connectivity index (χ1n) is 11.9. The molecule has 0 atom stereocenters. The molecule has 0 fully saturated rings. The van der Waals surface area contributed by atoms with E-state index in [0.717, 1.165) is 19.3 Å². The average Bonchev–Trinajstić information content (AvgIpc) is 2.80. The normalized spacial score (nSPS) is 11.2. The molecule has 6 nitrogen and oxygen atoms in total. The van der Waals surface area contributed by atoms with E-state index in [0.29, 0.717) is 29.4 Å². The third kappa shape index (κ3) is 7.72. The molecule has 0 aliphatic carbocycles. The predicted molar refractivity (Wildman–Crippen MR) is 130 cm³/mol. The summed E-state index contributed by atoms with van der Waals surface area (Å²) in [5.41, 5.74) is -0.657. The highest BCUT2D eigenvalue weighted by Gasteiger charge is 2.39. The number of ketones is 1. The van der Waals surface area contributed by atoms with Crippen LogP contribution >= 0.6 is 0 Å². The van der Waals surface area contributed by atoms with Crippen molar-refractivity contribution >= 4 is 17.4 Å². The minimum absolute atomic E-state index is 0.0382. The summed E-state index contributed by atoms with van der Waals surface area (Å²) in [6, 6.07) is 3.39. The van der Waals surface area contributed by atoms with E-state index in [4.69, 9.17) is 14.2 Å². The Balaban J connectivity index is 2.71. The Bertz CT molecular complexity index is 704. The van der Waals surface area contributed by atoms with Crippen molar-refractivity contribution in [2.75, 3.05) is 33.3 Å². The van der Waals surface area contributed by atoms with Crippen molar-refractivity contribution in [3.05, 3.63) is 12.1 Å². The SMILES string of the molecule is CCCCCCCCCCCC(=O)C(C)(C)C(=O)N(C)c1c(OC)cc(OC)cc1OC. The molecule has 6 heteroatoms. The van der Waals surface area contributed by atoms with Crippen LogP contribution in [-0.4, -0.2) is 40.1 Å². The molecule has 0 spiro atoms. The lowest BCUT2D eigenvalue weighted by atomic mass is 9.83. The summed E-state index contributed by atoms with van der Waals surface area (Å²) >= 11 is 0. The molecule has 0 aliphatic rings. The van der Waals surface area contributed by atoms with Gasteiger partial charge in [-0.15, -0.1) is 0 Å². The topological polar surface area (TPSA) is 65.1 Å². The summed E-state index contributed by atoms with van der Waals surface area (Å²) < 4.78 is 16.2. The quantitative estimate of drug-likeness (QED) is 0.222. The lowest BCUT2D eigenvalue weighted by Gasteiger charge is -2.30. The van der Waals surface area contributed by atoms with Crippen LogP contribution in [0.1, 0.15) is 85.0 Å². The van der Waals surface area contributed by atoms with Gasteiger partial charge in [0.15, 0.2) is 0 Å². The fraction of sp³-hybridized carbons (Fsp3) is 0.692. The number of benzene rings is 1. The van der Waals surface area contributed by atoms with Crippen molar-refractivity contribution in [1.29, 1.82) is 0 Å². The molecule has 0 saturated carbocycles. The maximum Gasteiger partial charge on any atom is 0.240 e. The van der Waals surface area contributed by atoms with Crippen LogP contribution in [0.3, 0.4) is 0 Å². The number of Topliss-reactive ketones (excluding diaryl/α,β-unsaturated/α-hetero) is 1. The standard InChI is InChI=1S/C26H43NO5/c1-8-9-10-11-12-13-14-15-16-17-23(28)26(2,3)25(29)27(4)24-21(31-6)18-20(30-5)19-22(24)32-7/h18-19H,8-17H2,1-7H3. The van der Waals surface area contributed by atoms with Gasteiger partial charge in [0.1, 0.15) is 34.1 Å². The van der Waals surface area contributed by atoms with Crippen LogP contribution in [0.15, 0.2) is 12.1 Å². The fourth-order valence-corrected chi connectivity index (χ4v) is 3.87. The van der Waals surface area contributed by atoms with E-state index in [1.54, 1.807) is 40.1 Å². The van der Waals surface area contributed by atoms with Gasteiger partial charge in [0, 0.05) is 25.6 Å². The number of carbonyl (C=O) groups excluding carboxylic acids is 2. The van der Waals surface area contributed by atoms with Crippen molar-refractivity contribution in [3.63, 3.8) is 0 Å². The number of hydrogen-bond donors (Lipinski definition) is 0. The van der Waals surface area contributed by atoms with Gasteiger partial charge < -0.3 is 19.1 Å². The molecule has 182 valence electrons. The zero-order valence-corrected chi connectivity index (χ0v) is 21.2. The molecular formula is C26H43NO5. The number of amides is 1. The van der Waals surface area contributed by atoms with Crippen molar-refractivity contribution in [2.45, 2.75) is 85.0 Å². The number of rotatable bonds is 16. The van der Waals surface area contributed by atoms with Gasteiger partial charge in [-0.25, -0.2) is 0 Å². The van der Waals surface area contributed by atoms with Crippen LogP contribution in [0.2, 0.25) is 0 Å². The molecular weight excluding hydrogens is 406 g/mol. The van der Waals surface area contributed by atoms with E-state index < -0.39 is 5.41 Å². The third-order valence-corrected chi connectivity index (χ3v) is 6.07. The molecule has 32 heavy (non-hydrogen) atoms. The van der Waals surface area contributed by atoms with Crippen LogP contribution < -0.4 is 19.1 Å². The molecule has 0 saturated heterocycles. The second kappa shape index (κ2) is 14.0. The first-order valence-corrected chi connectivity index (χ1v) is 11.9. The Morgan fingerprint density at radius 2 is 1.28 bits per heavy atom. The molecule has 0 aromatic heterocycles. The third-order valence-electron chi connectivity index (χ3n) is 6.07. The van der Waals surface area contributed by atoms with E-state index in [1.165, 1.54) is 57.6 Å². The number of unbranched alkanes of at least 4 members (excludes halogenated alkanes) is 8. The zero-order chi connectivity index (χ0) is 24.1. The molecule has 1 aromatic carbocycles.